The van der Waals surface area contributed by atoms with Crippen LogP contribution in [0.15, 0.2) is 24.3 Å². The van der Waals surface area contributed by atoms with Crippen LogP contribution in [0, 0.1) is 5.41 Å². The van der Waals surface area contributed by atoms with Crippen LogP contribution in [0.4, 0.5) is 0 Å². The minimum Gasteiger partial charge on any atom is -0.508 e. The molecule has 1 aromatic carbocycles. The summed E-state index contributed by atoms with van der Waals surface area (Å²) in [5.74, 6) is 0.225. The lowest BCUT2D eigenvalue weighted by atomic mass is 9.68. The first-order valence-corrected chi connectivity index (χ1v) is 7.77. The van der Waals surface area contributed by atoms with Crippen molar-refractivity contribution in [2.45, 2.75) is 44.9 Å². The van der Waals surface area contributed by atoms with Gasteiger partial charge in [0.05, 0.1) is 0 Å². The number of phenols is 1. The lowest BCUT2D eigenvalue weighted by Crippen LogP contribution is -2.43. The summed E-state index contributed by atoms with van der Waals surface area (Å²) in [5, 5.41) is 9.49. The third kappa shape index (κ3) is 2.67. The number of piperidine rings is 1. The molecule has 0 radical (unpaired) electrons. The van der Waals surface area contributed by atoms with E-state index in [1.165, 1.54) is 32.1 Å². The molecular formula is C17H23NO2. The number of rotatable bonds is 1. The number of likely N-dealkylation sites (tertiary alicyclic amines) is 1. The molecule has 1 aliphatic heterocycles. The number of hydrogen-bond acceptors (Lipinski definition) is 2. The molecule has 0 bridgehead atoms. The minimum absolute atomic E-state index is 0.0616. The summed E-state index contributed by atoms with van der Waals surface area (Å²) < 4.78 is 0. The summed E-state index contributed by atoms with van der Waals surface area (Å²) in [4.78, 5) is 14.4. The predicted octanol–water partition coefficient (Wildman–Crippen LogP) is 3.58. The van der Waals surface area contributed by atoms with Crippen molar-refractivity contribution < 1.29 is 9.90 Å². The highest BCUT2D eigenvalue weighted by molar-refractivity contribution is 5.94. The molecule has 1 heterocycles. The summed E-state index contributed by atoms with van der Waals surface area (Å²) in [6.45, 7) is 1.74. The average Bonchev–Trinajstić information content (AvgIpc) is 2.48. The van der Waals surface area contributed by atoms with Crippen molar-refractivity contribution in [1.29, 1.82) is 0 Å². The number of carbonyl (C=O) groups excluding carboxylic acids is 1. The number of carbonyl (C=O) groups is 1. The predicted molar refractivity (Wildman–Crippen MR) is 78.8 cm³/mol. The van der Waals surface area contributed by atoms with Crippen LogP contribution < -0.4 is 0 Å². The van der Waals surface area contributed by atoms with Crippen LogP contribution in [0.2, 0.25) is 0 Å². The van der Waals surface area contributed by atoms with Crippen LogP contribution in [-0.2, 0) is 0 Å². The number of benzene rings is 1. The Morgan fingerprint density at radius 3 is 2.40 bits per heavy atom. The summed E-state index contributed by atoms with van der Waals surface area (Å²) in [7, 11) is 0. The van der Waals surface area contributed by atoms with Gasteiger partial charge in [-0.3, -0.25) is 4.79 Å². The van der Waals surface area contributed by atoms with Gasteiger partial charge >= 0.3 is 0 Å². The molecule has 3 rings (SSSR count). The molecule has 0 atom stereocenters. The van der Waals surface area contributed by atoms with E-state index in [0.717, 1.165) is 25.9 Å². The minimum atomic E-state index is 0.0616. The van der Waals surface area contributed by atoms with Gasteiger partial charge in [0.1, 0.15) is 5.75 Å². The average molecular weight is 273 g/mol. The molecule has 2 aliphatic rings. The van der Waals surface area contributed by atoms with Gasteiger partial charge in [-0.1, -0.05) is 25.3 Å². The molecule has 1 saturated heterocycles. The van der Waals surface area contributed by atoms with Crippen LogP contribution in [0.25, 0.3) is 0 Å². The Balaban J connectivity index is 1.64. The van der Waals surface area contributed by atoms with Gasteiger partial charge in [-0.25, -0.2) is 0 Å². The fourth-order valence-corrected chi connectivity index (χ4v) is 3.81. The largest absolute Gasteiger partial charge is 0.508 e. The second kappa shape index (κ2) is 5.47. The zero-order valence-electron chi connectivity index (χ0n) is 12.0. The smallest absolute Gasteiger partial charge is 0.253 e. The Morgan fingerprint density at radius 1 is 1.05 bits per heavy atom. The number of amides is 1. The molecule has 3 heteroatoms. The maximum atomic E-state index is 12.4. The van der Waals surface area contributed by atoms with E-state index >= 15 is 0 Å². The molecule has 1 amide bonds. The van der Waals surface area contributed by atoms with Gasteiger partial charge in [0, 0.05) is 18.7 Å². The van der Waals surface area contributed by atoms with E-state index in [1.807, 2.05) is 4.90 Å². The molecule has 0 unspecified atom stereocenters. The highest BCUT2D eigenvalue weighted by Crippen LogP contribution is 2.44. The number of aromatic hydroxyl groups is 1. The maximum absolute atomic E-state index is 12.4. The van der Waals surface area contributed by atoms with Crippen LogP contribution >= 0.6 is 0 Å². The molecule has 20 heavy (non-hydrogen) atoms. The molecule has 1 saturated carbocycles. The van der Waals surface area contributed by atoms with Gasteiger partial charge in [-0.15, -0.1) is 0 Å². The van der Waals surface area contributed by atoms with E-state index in [2.05, 4.69) is 0 Å². The molecule has 1 aliphatic carbocycles. The fraction of sp³-hybridized carbons (Fsp3) is 0.588. The molecule has 1 spiro atoms. The molecular weight excluding hydrogens is 250 g/mol. The molecule has 1 N–H and O–H groups in total. The van der Waals surface area contributed by atoms with Crippen LogP contribution in [0.1, 0.15) is 55.3 Å². The van der Waals surface area contributed by atoms with Crippen molar-refractivity contribution in [2.75, 3.05) is 13.1 Å². The van der Waals surface area contributed by atoms with Crippen molar-refractivity contribution in [3.8, 4) is 5.75 Å². The van der Waals surface area contributed by atoms with Crippen molar-refractivity contribution in [1.82, 2.24) is 4.90 Å². The van der Waals surface area contributed by atoms with E-state index < -0.39 is 0 Å². The van der Waals surface area contributed by atoms with Crippen molar-refractivity contribution in [3.63, 3.8) is 0 Å². The first kappa shape index (κ1) is 13.5. The van der Waals surface area contributed by atoms with E-state index in [9.17, 15) is 9.90 Å². The SMILES string of the molecule is O=C(c1cccc(O)c1)N1CCC2(CCCCC2)CC1. The van der Waals surface area contributed by atoms with Gasteiger partial charge < -0.3 is 10.0 Å². The monoisotopic (exact) mass is 273 g/mol. The van der Waals surface area contributed by atoms with E-state index in [1.54, 1.807) is 24.3 Å². The number of nitrogens with zero attached hydrogens (tertiary/aromatic N) is 1. The molecule has 3 nitrogen and oxygen atoms in total. The summed E-state index contributed by atoms with van der Waals surface area (Å²) in [6.07, 6.45) is 9.10. The van der Waals surface area contributed by atoms with Gasteiger partial charge in [-0.05, 0) is 49.3 Å². The first-order valence-electron chi connectivity index (χ1n) is 7.77. The van der Waals surface area contributed by atoms with E-state index in [4.69, 9.17) is 0 Å². The highest BCUT2D eigenvalue weighted by Gasteiger charge is 2.36. The Kier molecular flexibility index (Phi) is 3.68. The third-order valence-corrected chi connectivity index (χ3v) is 5.12. The summed E-state index contributed by atoms with van der Waals surface area (Å²) in [5.41, 5.74) is 1.12. The molecule has 1 aromatic rings. The van der Waals surface area contributed by atoms with Gasteiger partial charge in [0.25, 0.3) is 5.91 Å². The standard InChI is InChI=1S/C17H23NO2/c19-15-6-4-5-14(13-15)16(20)18-11-9-17(10-12-18)7-2-1-3-8-17/h4-6,13,19H,1-3,7-12H2. The van der Waals surface area contributed by atoms with Gasteiger partial charge in [0.2, 0.25) is 0 Å². The summed E-state index contributed by atoms with van der Waals surface area (Å²) >= 11 is 0. The lowest BCUT2D eigenvalue weighted by Gasteiger charge is -2.44. The molecule has 0 aromatic heterocycles. The number of phenolic OH excluding ortho intramolecular Hbond substituents is 1. The topological polar surface area (TPSA) is 40.5 Å². The third-order valence-electron chi connectivity index (χ3n) is 5.12. The zero-order chi connectivity index (χ0) is 14.0. The van der Waals surface area contributed by atoms with E-state index in [0.29, 0.717) is 11.0 Å². The first-order chi connectivity index (χ1) is 9.69. The van der Waals surface area contributed by atoms with Gasteiger partial charge in [-0.2, -0.15) is 0 Å². The Morgan fingerprint density at radius 2 is 1.75 bits per heavy atom. The normalized spacial score (nSPS) is 21.9. The van der Waals surface area contributed by atoms with Crippen LogP contribution in [0.3, 0.4) is 0 Å². The van der Waals surface area contributed by atoms with Crippen LogP contribution in [0.5, 0.6) is 5.75 Å². The van der Waals surface area contributed by atoms with Crippen LogP contribution in [-0.4, -0.2) is 29.0 Å². The van der Waals surface area contributed by atoms with Crippen molar-refractivity contribution in [3.05, 3.63) is 29.8 Å². The Bertz CT molecular complexity index is 482. The zero-order valence-corrected chi connectivity index (χ0v) is 12.0. The second-order valence-corrected chi connectivity index (χ2v) is 6.40. The molecule has 2 fully saturated rings. The lowest BCUT2D eigenvalue weighted by molar-refractivity contribution is 0.0471. The highest BCUT2D eigenvalue weighted by atomic mass is 16.3. The maximum Gasteiger partial charge on any atom is 0.253 e. The quantitative estimate of drug-likeness (QED) is 0.849. The fourth-order valence-electron chi connectivity index (χ4n) is 3.81. The second-order valence-electron chi connectivity index (χ2n) is 6.40. The van der Waals surface area contributed by atoms with Crippen molar-refractivity contribution >= 4 is 5.91 Å². The van der Waals surface area contributed by atoms with Crippen molar-refractivity contribution in [2.24, 2.45) is 5.41 Å². The Hall–Kier alpha value is -1.51. The molecule has 108 valence electrons. The summed E-state index contributed by atoms with van der Waals surface area (Å²) in [6, 6.07) is 6.68. The Labute approximate surface area is 120 Å². The van der Waals surface area contributed by atoms with Gasteiger partial charge in [0.15, 0.2) is 0 Å². The number of hydrogen-bond donors (Lipinski definition) is 1. The van der Waals surface area contributed by atoms with E-state index in [-0.39, 0.29) is 11.7 Å².